The van der Waals surface area contributed by atoms with Gasteiger partial charge in [0, 0.05) is 42.2 Å². The maximum absolute atomic E-state index is 11.8. The lowest BCUT2D eigenvalue weighted by Gasteiger charge is -2.06. The molecular formula is C16H16N2O2. The molecule has 102 valence electrons. The summed E-state index contributed by atoms with van der Waals surface area (Å²) in [5.74, 6) is 0.0324. The Kier molecular flexibility index (Phi) is 4.60. The SMILES string of the molecule is CC(=O)CCC(=O)c1ccc(Nc2ccncc2)cc1. The van der Waals surface area contributed by atoms with E-state index in [4.69, 9.17) is 0 Å². The largest absolute Gasteiger partial charge is 0.355 e. The Bertz CT molecular complexity index is 592. The average molecular weight is 268 g/mol. The second-order valence-electron chi connectivity index (χ2n) is 4.56. The van der Waals surface area contributed by atoms with Crippen LogP contribution in [0.15, 0.2) is 48.8 Å². The highest BCUT2D eigenvalue weighted by Gasteiger charge is 2.07. The van der Waals surface area contributed by atoms with E-state index >= 15 is 0 Å². The second kappa shape index (κ2) is 6.61. The normalized spacial score (nSPS) is 10.1. The third-order valence-electron chi connectivity index (χ3n) is 2.88. The van der Waals surface area contributed by atoms with Crippen LogP contribution in [0.3, 0.4) is 0 Å². The van der Waals surface area contributed by atoms with Crippen molar-refractivity contribution >= 4 is 22.9 Å². The van der Waals surface area contributed by atoms with Crippen LogP contribution >= 0.6 is 0 Å². The van der Waals surface area contributed by atoms with Crippen molar-refractivity contribution in [1.29, 1.82) is 0 Å². The summed E-state index contributed by atoms with van der Waals surface area (Å²) in [5.41, 5.74) is 2.47. The number of nitrogens with one attached hydrogen (secondary N) is 1. The molecule has 0 spiro atoms. The molecule has 1 aromatic carbocycles. The van der Waals surface area contributed by atoms with Crippen molar-refractivity contribution in [3.05, 3.63) is 54.4 Å². The van der Waals surface area contributed by atoms with E-state index in [0.29, 0.717) is 12.0 Å². The summed E-state index contributed by atoms with van der Waals surface area (Å²) in [7, 11) is 0. The molecule has 20 heavy (non-hydrogen) atoms. The van der Waals surface area contributed by atoms with Gasteiger partial charge in [0.1, 0.15) is 5.78 Å². The number of rotatable bonds is 6. The monoisotopic (exact) mass is 268 g/mol. The summed E-state index contributed by atoms with van der Waals surface area (Å²) in [4.78, 5) is 26.7. The van der Waals surface area contributed by atoms with Crippen LogP contribution in [0.4, 0.5) is 11.4 Å². The summed E-state index contributed by atoms with van der Waals surface area (Å²) >= 11 is 0. The summed E-state index contributed by atoms with van der Waals surface area (Å²) in [6.07, 6.45) is 3.99. The number of hydrogen-bond donors (Lipinski definition) is 1. The van der Waals surface area contributed by atoms with Crippen molar-refractivity contribution in [2.75, 3.05) is 5.32 Å². The fourth-order valence-electron chi connectivity index (χ4n) is 1.78. The van der Waals surface area contributed by atoms with Crippen LogP contribution in [0.5, 0.6) is 0 Å². The Labute approximate surface area is 117 Å². The molecule has 0 unspecified atom stereocenters. The number of nitrogens with zero attached hydrogens (tertiary/aromatic N) is 1. The fraction of sp³-hybridized carbons (Fsp3) is 0.188. The van der Waals surface area contributed by atoms with Crippen LogP contribution in [-0.2, 0) is 4.79 Å². The lowest BCUT2D eigenvalue weighted by atomic mass is 10.1. The Morgan fingerprint density at radius 2 is 1.55 bits per heavy atom. The first-order valence-corrected chi connectivity index (χ1v) is 6.45. The van der Waals surface area contributed by atoms with Crippen LogP contribution in [0.2, 0.25) is 0 Å². The third-order valence-corrected chi connectivity index (χ3v) is 2.88. The van der Waals surface area contributed by atoms with E-state index in [1.54, 1.807) is 24.5 Å². The molecule has 0 atom stereocenters. The molecule has 0 aliphatic rings. The van der Waals surface area contributed by atoms with Gasteiger partial charge in [-0.3, -0.25) is 9.78 Å². The number of ketones is 2. The zero-order valence-electron chi connectivity index (χ0n) is 11.3. The molecule has 2 aromatic rings. The van der Waals surface area contributed by atoms with Gasteiger partial charge < -0.3 is 10.1 Å². The van der Waals surface area contributed by atoms with Gasteiger partial charge >= 0.3 is 0 Å². The van der Waals surface area contributed by atoms with Crippen molar-refractivity contribution < 1.29 is 9.59 Å². The molecule has 0 radical (unpaired) electrons. The van der Waals surface area contributed by atoms with Gasteiger partial charge in [0.2, 0.25) is 0 Å². The maximum Gasteiger partial charge on any atom is 0.163 e. The highest BCUT2D eigenvalue weighted by Crippen LogP contribution is 2.17. The number of benzene rings is 1. The molecule has 2 rings (SSSR count). The van der Waals surface area contributed by atoms with Crippen molar-refractivity contribution in [2.45, 2.75) is 19.8 Å². The van der Waals surface area contributed by atoms with Gasteiger partial charge in [-0.25, -0.2) is 0 Å². The molecule has 0 fully saturated rings. The molecule has 4 nitrogen and oxygen atoms in total. The highest BCUT2D eigenvalue weighted by atomic mass is 16.1. The van der Waals surface area contributed by atoms with Crippen LogP contribution in [-0.4, -0.2) is 16.6 Å². The van der Waals surface area contributed by atoms with Gasteiger partial charge in [-0.1, -0.05) is 0 Å². The van der Waals surface area contributed by atoms with Crippen LogP contribution in [0.1, 0.15) is 30.1 Å². The van der Waals surface area contributed by atoms with E-state index in [0.717, 1.165) is 11.4 Å². The summed E-state index contributed by atoms with van der Waals surface area (Å²) in [6.45, 7) is 1.50. The summed E-state index contributed by atoms with van der Waals surface area (Å²) in [5, 5.41) is 3.21. The number of carbonyl (C=O) groups excluding carboxylic acids is 2. The first-order valence-electron chi connectivity index (χ1n) is 6.45. The molecule has 0 amide bonds. The predicted molar refractivity (Wildman–Crippen MR) is 78.2 cm³/mol. The Hall–Kier alpha value is -2.49. The Balaban J connectivity index is 1.99. The summed E-state index contributed by atoms with van der Waals surface area (Å²) in [6, 6.07) is 11.0. The highest BCUT2D eigenvalue weighted by molar-refractivity contribution is 5.98. The minimum Gasteiger partial charge on any atom is -0.355 e. The minimum atomic E-state index is -0.00402. The molecule has 1 N–H and O–H groups in total. The molecule has 0 aliphatic carbocycles. The molecule has 1 aromatic heterocycles. The Morgan fingerprint density at radius 1 is 0.950 bits per heavy atom. The fourth-order valence-corrected chi connectivity index (χ4v) is 1.78. The van der Waals surface area contributed by atoms with Crippen molar-refractivity contribution in [2.24, 2.45) is 0 Å². The van der Waals surface area contributed by atoms with E-state index in [1.165, 1.54) is 6.92 Å². The molecule has 0 aliphatic heterocycles. The van der Waals surface area contributed by atoms with Crippen LogP contribution in [0, 0.1) is 0 Å². The first kappa shape index (κ1) is 13.9. The van der Waals surface area contributed by atoms with E-state index in [2.05, 4.69) is 10.3 Å². The second-order valence-corrected chi connectivity index (χ2v) is 4.56. The Morgan fingerprint density at radius 3 is 2.15 bits per heavy atom. The zero-order chi connectivity index (χ0) is 14.4. The van der Waals surface area contributed by atoms with Crippen LogP contribution in [0.25, 0.3) is 0 Å². The number of pyridine rings is 1. The minimum absolute atomic E-state index is 0.00402. The van der Waals surface area contributed by atoms with Gasteiger partial charge in [0.05, 0.1) is 0 Å². The first-order chi connectivity index (χ1) is 9.65. The van der Waals surface area contributed by atoms with E-state index < -0.39 is 0 Å². The quantitative estimate of drug-likeness (QED) is 0.816. The number of carbonyl (C=O) groups is 2. The topological polar surface area (TPSA) is 59.1 Å². The molecule has 1 heterocycles. The molecule has 0 bridgehead atoms. The lowest BCUT2D eigenvalue weighted by molar-refractivity contribution is -0.116. The van der Waals surface area contributed by atoms with Crippen molar-refractivity contribution in [1.82, 2.24) is 4.98 Å². The molecule has 0 saturated heterocycles. The van der Waals surface area contributed by atoms with Crippen molar-refractivity contribution in [3.63, 3.8) is 0 Å². The van der Waals surface area contributed by atoms with E-state index in [1.807, 2.05) is 24.3 Å². The smallest absolute Gasteiger partial charge is 0.163 e. The molecule has 0 saturated carbocycles. The standard InChI is InChI=1S/C16H16N2O2/c1-12(19)2-7-16(20)13-3-5-14(6-4-13)18-15-8-10-17-11-9-15/h3-6,8-11H,2,7H2,1H3,(H,17,18). The van der Waals surface area contributed by atoms with Gasteiger partial charge in [0.15, 0.2) is 5.78 Å². The predicted octanol–water partition coefficient (Wildman–Crippen LogP) is 3.38. The number of Topliss-reactive ketones (excluding diaryl/α,β-unsaturated/α-hetero) is 2. The van der Waals surface area contributed by atoms with Gasteiger partial charge in [-0.15, -0.1) is 0 Å². The lowest BCUT2D eigenvalue weighted by Crippen LogP contribution is -2.02. The number of aromatic nitrogens is 1. The van der Waals surface area contributed by atoms with Gasteiger partial charge in [-0.05, 0) is 43.3 Å². The average Bonchev–Trinajstić information content (AvgIpc) is 2.46. The van der Waals surface area contributed by atoms with Crippen LogP contribution < -0.4 is 5.32 Å². The molecular weight excluding hydrogens is 252 g/mol. The number of anilines is 2. The molecule has 4 heteroatoms. The maximum atomic E-state index is 11.8. The van der Waals surface area contributed by atoms with Gasteiger partial charge in [0.25, 0.3) is 0 Å². The zero-order valence-corrected chi connectivity index (χ0v) is 11.3. The van der Waals surface area contributed by atoms with Crippen molar-refractivity contribution in [3.8, 4) is 0 Å². The number of hydrogen-bond acceptors (Lipinski definition) is 4. The summed E-state index contributed by atoms with van der Waals surface area (Å²) < 4.78 is 0. The third kappa shape index (κ3) is 4.02. The van der Waals surface area contributed by atoms with E-state index in [9.17, 15) is 9.59 Å². The van der Waals surface area contributed by atoms with E-state index in [-0.39, 0.29) is 18.0 Å². The van der Waals surface area contributed by atoms with Gasteiger partial charge in [-0.2, -0.15) is 0 Å².